The lowest BCUT2D eigenvalue weighted by Gasteiger charge is -2.09. The van der Waals surface area contributed by atoms with Gasteiger partial charge in [0.25, 0.3) is 0 Å². The van der Waals surface area contributed by atoms with Gasteiger partial charge in [0.1, 0.15) is 0 Å². The Balaban J connectivity index is 1.78. The van der Waals surface area contributed by atoms with E-state index in [1.165, 1.54) is 0 Å². The van der Waals surface area contributed by atoms with Crippen LogP contribution in [0.2, 0.25) is 0 Å². The fourth-order valence-electron chi connectivity index (χ4n) is 2.29. The summed E-state index contributed by atoms with van der Waals surface area (Å²) in [5.41, 5.74) is 2.34. The molecule has 2 rings (SSSR count). The lowest BCUT2D eigenvalue weighted by atomic mass is 10.1. The predicted molar refractivity (Wildman–Crippen MR) is 110 cm³/mol. The minimum Gasteiger partial charge on any atom is -0.332 e. The minimum absolute atomic E-state index is 0.0492. The van der Waals surface area contributed by atoms with E-state index in [1.807, 2.05) is 54.6 Å². The first-order chi connectivity index (χ1) is 12.7. The molecule has 136 valence electrons. The number of carbonyl (C=O) groups excluding carboxylic acids is 1. The Morgan fingerprint density at radius 3 is 2.23 bits per heavy atom. The SMILES string of the molecule is CCCCCCC(=O)NC(=S)Nc1ccc(N=Nc2ccccc2)cc1. The fourth-order valence-corrected chi connectivity index (χ4v) is 2.52. The average Bonchev–Trinajstić information content (AvgIpc) is 2.65. The van der Waals surface area contributed by atoms with Crippen LogP contribution in [0.1, 0.15) is 39.0 Å². The molecule has 0 heterocycles. The van der Waals surface area contributed by atoms with Crippen LogP contribution in [0.25, 0.3) is 0 Å². The van der Waals surface area contributed by atoms with E-state index in [4.69, 9.17) is 12.2 Å². The van der Waals surface area contributed by atoms with Crippen LogP contribution in [-0.4, -0.2) is 11.0 Å². The van der Waals surface area contributed by atoms with Gasteiger partial charge in [-0.15, -0.1) is 0 Å². The summed E-state index contributed by atoms with van der Waals surface area (Å²) in [4.78, 5) is 11.8. The topological polar surface area (TPSA) is 65.8 Å². The van der Waals surface area contributed by atoms with Gasteiger partial charge in [-0.25, -0.2) is 0 Å². The highest BCUT2D eigenvalue weighted by Gasteiger charge is 2.04. The van der Waals surface area contributed by atoms with Gasteiger partial charge in [0.15, 0.2) is 5.11 Å². The second kappa shape index (κ2) is 11.1. The highest BCUT2D eigenvalue weighted by molar-refractivity contribution is 7.80. The summed E-state index contributed by atoms with van der Waals surface area (Å²) < 4.78 is 0. The molecule has 1 amide bonds. The third-order valence-corrected chi connectivity index (χ3v) is 3.88. The van der Waals surface area contributed by atoms with Crippen molar-refractivity contribution in [2.24, 2.45) is 10.2 Å². The summed E-state index contributed by atoms with van der Waals surface area (Å²) in [5, 5.41) is 14.4. The third kappa shape index (κ3) is 7.53. The fraction of sp³-hybridized carbons (Fsp3) is 0.300. The van der Waals surface area contributed by atoms with E-state index in [-0.39, 0.29) is 5.91 Å². The monoisotopic (exact) mass is 368 g/mol. The van der Waals surface area contributed by atoms with Gasteiger partial charge in [-0.2, -0.15) is 10.2 Å². The molecule has 0 unspecified atom stereocenters. The lowest BCUT2D eigenvalue weighted by molar-refractivity contribution is -0.119. The number of azo groups is 1. The van der Waals surface area contributed by atoms with Crippen molar-refractivity contribution in [3.63, 3.8) is 0 Å². The Hall–Kier alpha value is -2.60. The molecule has 0 aliphatic rings. The Labute approximate surface area is 159 Å². The van der Waals surface area contributed by atoms with Gasteiger partial charge < -0.3 is 10.6 Å². The van der Waals surface area contributed by atoms with Gasteiger partial charge in [-0.05, 0) is 55.0 Å². The van der Waals surface area contributed by atoms with Gasteiger partial charge in [-0.3, -0.25) is 4.79 Å². The molecule has 0 fully saturated rings. The van der Waals surface area contributed by atoms with Crippen molar-refractivity contribution < 1.29 is 4.79 Å². The molecule has 0 saturated heterocycles. The molecule has 0 spiro atoms. The van der Waals surface area contributed by atoms with Gasteiger partial charge >= 0.3 is 0 Å². The minimum atomic E-state index is -0.0492. The Kier molecular flexibility index (Phi) is 8.42. The molecule has 6 heteroatoms. The number of carbonyl (C=O) groups is 1. The van der Waals surface area contributed by atoms with Crippen molar-refractivity contribution in [2.75, 3.05) is 5.32 Å². The largest absolute Gasteiger partial charge is 0.332 e. The number of unbranched alkanes of at least 4 members (excludes halogenated alkanes) is 3. The maximum Gasteiger partial charge on any atom is 0.226 e. The van der Waals surface area contributed by atoms with Crippen LogP contribution in [0.3, 0.4) is 0 Å². The maximum atomic E-state index is 11.8. The van der Waals surface area contributed by atoms with Crippen LogP contribution in [0.15, 0.2) is 64.8 Å². The van der Waals surface area contributed by atoms with Crippen LogP contribution < -0.4 is 10.6 Å². The van der Waals surface area contributed by atoms with Gasteiger partial charge in [0.2, 0.25) is 5.91 Å². The smallest absolute Gasteiger partial charge is 0.226 e. The van der Waals surface area contributed by atoms with E-state index in [1.54, 1.807) is 0 Å². The number of thiocarbonyl (C=S) groups is 1. The molecular formula is C20H24N4OS. The van der Waals surface area contributed by atoms with E-state index in [2.05, 4.69) is 27.8 Å². The van der Waals surface area contributed by atoms with Crippen molar-refractivity contribution in [1.82, 2.24) is 5.32 Å². The maximum absolute atomic E-state index is 11.8. The number of nitrogens with one attached hydrogen (secondary N) is 2. The van der Waals surface area contributed by atoms with Crippen molar-refractivity contribution in [1.29, 1.82) is 0 Å². The van der Waals surface area contributed by atoms with Crippen molar-refractivity contribution >= 4 is 40.3 Å². The number of benzene rings is 2. The predicted octanol–water partition coefficient (Wildman–Crippen LogP) is 5.89. The summed E-state index contributed by atoms with van der Waals surface area (Å²) in [6.07, 6.45) is 4.78. The van der Waals surface area contributed by atoms with Crippen LogP contribution in [0, 0.1) is 0 Å². The van der Waals surface area contributed by atoms with Gasteiger partial charge in [0, 0.05) is 12.1 Å². The molecule has 0 aromatic heterocycles. The normalized spacial score (nSPS) is 10.7. The standard InChI is InChI=1S/C20H24N4OS/c1-2-3-4-8-11-19(25)22-20(26)21-16-12-14-18(15-13-16)24-23-17-9-6-5-7-10-17/h5-7,9-10,12-15H,2-4,8,11H2,1H3,(H2,21,22,25,26). The number of nitrogens with zero attached hydrogens (tertiary/aromatic N) is 2. The molecule has 0 radical (unpaired) electrons. The first-order valence-corrected chi connectivity index (χ1v) is 9.26. The second-order valence-corrected chi connectivity index (χ2v) is 6.30. The lowest BCUT2D eigenvalue weighted by Crippen LogP contribution is -2.33. The van der Waals surface area contributed by atoms with E-state index in [0.717, 1.165) is 42.7 Å². The highest BCUT2D eigenvalue weighted by atomic mass is 32.1. The summed E-state index contributed by atoms with van der Waals surface area (Å²) in [5.74, 6) is -0.0492. The molecule has 2 aromatic carbocycles. The summed E-state index contributed by atoms with van der Waals surface area (Å²) in [7, 11) is 0. The summed E-state index contributed by atoms with van der Waals surface area (Å²) in [6.45, 7) is 2.15. The van der Waals surface area contributed by atoms with Crippen LogP contribution in [0.5, 0.6) is 0 Å². The highest BCUT2D eigenvalue weighted by Crippen LogP contribution is 2.20. The molecule has 0 saturated carbocycles. The van der Waals surface area contributed by atoms with Crippen molar-refractivity contribution in [2.45, 2.75) is 39.0 Å². The molecular weight excluding hydrogens is 344 g/mol. The number of amides is 1. The molecule has 0 aliphatic heterocycles. The third-order valence-electron chi connectivity index (χ3n) is 3.67. The number of anilines is 1. The number of rotatable bonds is 8. The second-order valence-electron chi connectivity index (χ2n) is 5.90. The first kappa shape index (κ1) is 19.7. The van der Waals surface area contributed by atoms with Crippen LogP contribution >= 0.6 is 12.2 Å². The molecule has 2 N–H and O–H groups in total. The molecule has 5 nitrogen and oxygen atoms in total. The van der Waals surface area contributed by atoms with Crippen molar-refractivity contribution in [3.05, 3.63) is 54.6 Å². The Morgan fingerprint density at radius 2 is 1.58 bits per heavy atom. The quantitative estimate of drug-likeness (QED) is 0.347. The van der Waals surface area contributed by atoms with Gasteiger partial charge in [-0.1, -0.05) is 44.4 Å². The average molecular weight is 369 g/mol. The van der Waals surface area contributed by atoms with E-state index in [9.17, 15) is 4.79 Å². The van der Waals surface area contributed by atoms with E-state index >= 15 is 0 Å². The molecule has 0 aliphatic carbocycles. The number of hydrogen-bond donors (Lipinski definition) is 2. The van der Waals surface area contributed by atoms with Gasteiger partial charge in [0.05, 0.1) is 11.4 Å². The van der Waals surface area contributed by atoms with Crippen LogP contribution in [0.4, 0.5) is 17.1 Å². The zero-order valence-corrected chi connectivity index (χ0v) is 15.8. The Bertz CT molecular complexity index is 729. The molecule has 0 bridgehead atoms. The molecule has 26 heavy (non-hydrogen) atoms. The molecule has 2 aromatic rings. The zero-order chi connectivity index (χ0) is 18.6. The molecule has 0 atom stereocenters. The summed E-state index contributed by atoms with van der Waals surface area (Å²) >= 11 is 5.18. The Morgan fingerprint density at radius 1 is 0.923 bits per heavy atom. The van der Waals surface area contributed by atoms with E-state index < -0.39 is 0 Å². The first-order valence-electron chi connectivity index (χ1n) is 8.85. The van der Waals surface area contributed by atoms with Crippen LogP contribution in [-0.2, 0) is 4.79 Å². The zero-order valence-electron chi connectivity index (χ0n) is 14.9. The summed E-state index contributed by atoms with van der Waals surface area (Å²) in [6, 6.07) is 16.9. The van der Waals surface area contributed by atoms with Crippen molar-refractivity contribution in [3.8, 4) is 0 Å². The number of hydrogen-bond acceptors (Lipinski definition) is 4. The van der Waals surface area contributed by atoms with E-state index in [0.29, 0.717) is 11.5 Å².